The molecule has 1 aliphatic heterocycles. The average molecular weight is 465 g/mol. The average Bonchev–Trinajstić information content (AvgIpc) is 3.41. The van der Waals surface area contributed by atoms with Crippen molar-refractivity contribution in [2.24, 2.45) is 0 Å². The molecule has 0 N–H and O–H groups in total. The van der Waals surface area contributed by atoms with Crippen LogP contribution in [0.15, 0.2) is 121 Å². The van der Waals surface area contributed by atoms with Crippen LogP contribution in [0.4, 0.5) is 11.4 Å². The van der Waals surface area contributed by atoms with Gasteiger partial charge in [0.2, 0.25) is 0 Å². The van der Waals surface area contributed by atoms with Gasteiger partial charge >= 0.3 is 0 Å². The fraction of sp³-hybridized carbons (Fsp3) is 0.118. The van der Waals surface area contributed by atoms with Gasteiger partial charge in [0.25, 0.3) is 0 Å². The predicted molar refractivity (Wildman–Crippen MR) is 153 cm³/mol. The summed E-state index contributed by atoms with van der Waals surface area (Å²) in [6.07, 6.45) is 0. The summed E-state index contributed by atoms with van der Waals surface area (Å²) in [5.41, 5.74) is 10.3. The molecule has 7 rings (SSSR count). The van der Waals surface area contributed by atoms with Gasteiger partial charge in [-0.15, -0.1) is 0 Å². The van der Waals surface area contributed by atoms with Crippen LogP contribution in [-0.4, -0.2) is 11.1 Å². The van der Waals surface area contributed by atoms with Crippen molar-refractivity contribution in [2.75, 3.05) is 11.4 Å². The topological polar surface area (TPSA) is 8.17 Å². The van der Waals surface area contributed by atoms with E-state index in [9.17, 15) is 0 Å². The fourth-order valence-corrected chi connectivity index (χ4v) is 5.91. The van der Waals surface area contributed by atoms with Crippen molar-refractivity contribution in [3.63, 3.8) is 0 Å². The van der Waals surface area contributed by atoms with E-state index in [1.807, 2.05) is 0 Å². The molecule has 2 heteroatoms. The van der Waals surface area contributed by atoms with Gasteiger partial charge in [0.15, 0.2) is 0 Å². The Hall–Kier alpha value is -4.30. The van der Waals surface area contributed by atoms with E-state index in [0.29, 0.717) is 0 Å². The van der Waals surface area contributed by atoms with Gasteiger partial charge in [-0.2, -0.15) is 0 Å². The molecule has 0 saturated heterocycles. The van der Waals surface area contributed by atoms with Gasteiger partial charge < -0.3 is 9.47 Å². The van der Waals surface area contributed by atoms with E-state index in [4.69, 9.17) is 0 Å². The number of aromatic nitrogens is 1. The highest BCUT2D eigenvalue weighted by Crippen LogP contribution is 2.44. The van der Waals surface area contributed by atoms with E-state index in [-0.39, 0.29) is 5.41 Å². The van der Waals surface area contributed by atoms with E-state index in [2.05, 4.69) is 145 Å². The second kappa shape index (κ2) is 7.86. The molecule has 0 spiro atoms. The Labute approximate surface area is 212 Å². The lowest BCUT2D eigenvalue weighted by atomic mass is 9.87. The van der Waals surface area contributed by atoms with Crippen LogP contribution in [0.2, 0.25) is 0 Å². The number of benzene rings is 5. The van der Waals surface area contributed by atoms with E-state index >= 15 is 0 Å². The number of para-hydroxylation sites is 3. The molecule has 0 amide bonds. The highest BCUT2D eigenvalue weighted by Gasteiger charge is 2.35. The van der Waals surface area contributed by atoms with Crippen molar-refractivity contribution < 1.29 is 0 Å². The lowest BCUT2D eigenvalue weighted by Gasteiger charge is -2.23. The van der Waals surface area contributed by atoms with Gasteiger partial charge in [0.1, 0.15) is 0 Å². The van der Waals surface area contributed by atoms with Crippen LogP contribution >= 0.6 is 0 Å². The monoisotopic (exact) mass is 464 g/mol. The van der Waals surface area contributed by atoms with Crippen LogP contribution < -0.4 is 4.90 Å². The van der Waals surface area contributed by atoms with Gasteiger partial charge in [-0.25, -0.2) is 0 Å². The van der Waals surface area contributed by atoms with Crippen molar-refractivity contribution >= 4 is 33.2 Å². The minimum Gasteiger partial charge on any atom is -0.340 e. The first-order chi connectivity index (χ1) is 17.6. The van der Waals surface area contributed by atoms with Crippen LogP contribution in [0.1, 0.15) is 19.4 Å². The zero-order valence-electron chi connectivity index (χ0n) is 20.6. The van der Waals surface area contributed by atoms with Crippen LogP contribution in [-0.2, 0) is 5.41 Å². The number of nitrogens with zero attached hydrogens (tertiary/aromatic N) is 2. The zero-order valence-corrected chi connectivity index (χ0v) is 20.6. The van der Waals surface area contributed by atoms with Crippen molar-refractivity contribution in [3.8, 4) is 16.8 Å². The number of anilines is 2. The standard InChI is InChI=1S/C34H28N2/c1-34(2)23-35(33-14-8-5-11-30(33)34)26-19-15-24(16-20-26)25-17-21-27(22-18-25)36-31-12-6-3-9-28(31)29-10-4-7-13-32(29)36/h3-22H,23H2,1-2H3. The molecular weight excluding hydrogens is 436 g/mol. The minimum atomic E-state index is 0.151. The molecule has 0 bridgehead atoms. The maximum Gasteiger partial charge on any atom is 0.0541 e. The normalized spacial score (nSPS) is 14.4. The van der Waals surface area contributed by atoms with Gasteiger partial charge in [0, 0.05) is 39.8 Å². The summed E-state index contributed by atoms with van der Waals surface area (Å²) in [4.78, 5) is 2.45. The fourth-order valence-electron chi connectivity index (χ4n) is 5.91. The Bertz CT molecular complexity index is 1670. The Balaban J connectivity index is 1.23. The zero-order chi connectivity index (χ0) is 24.3. The molecule has 36 heavy (non-hydrogen) atoms. The first kappa shape index (κ1) is 21.0. The third-order valence-corrected chi connectivity index (χ3v) is 7.70. The van der Waals surface area contributed by atoms with E-state index in [1.165, 1.54) is 55.6 Å². The molecule has 1 aliphatic rings. The quantitative estimate of drug-likeness (QED) is 0.254. The lowest BCUT2D eigenvalue weighted by molar-refractivity contribution is 0.569. The number of hydrogen-bond acceptors (Lipinski definition) is 1. The van der Waals surface area contributed by atoms with Crippen LogP contribution in [0.25, 0.3) is 38.6 Å². The summed E-state index contributed by atoms with van der Waals surface area (Å²) in [7, 11) is 0. The molecule has 5 aromatic carbocycles. The highest BCUT2D eigenvalue weighted by molar-refractivity contribution is 6.09. The molecule has 0 aliphatic carbocycles. The SMILES string of the molecule is CC1(C)CN(c2ccc(-c3ccc(-n4c5ccccc5c5ccccc54)cc3)cc2)c2ccccc21. The van der Waals surface area contributed by atoms with Gasteiger partial charge in [-0.3, -0.25) is 0 Å². The predicted octanol–water partition coefficient (Wildman–Crippen LogP) is 8.88. The molecule has 2 nitrogen and oxygen atoms in total. The van der Waals surface area contributed by atoms with Gasteiger partial charge in [-0.05, 0) is 59.2 Å². The molecule has 0 fully saturated rings. The maximum atomic E-state index is 2.45. The number of hydrogen-bond donors (Lipinski definition) is 0. The van der Waals surface area contributed by atoms with Crippen molar-refractivity contribution in [2.45, 2.75) is 19.3 Å². The summed E-state index contributed by atoms with van der Waals surface area (Å²) >= 11 is 0. The van der Waals surface area contributed by atoms with Crippen LogP contribution in [0.3, 0.4) is 0 Å². The summed E-state index contributed by atoms with van der Waals surface area (Å²) in [5, 5.41) is 2.58. The molecule has 0 saturated carbocycles. The highest BCUT2D eigenvalue weighted by atomic mass is 15.2. The molecule has 0 radical (unpaired) electrons. The third kappa shape index (κ3) is 3.18. The first-order valence-electron chi connectivity index (χ1n) is 12.7. The van der Waals surface area contributed by atoms with Crippen LogP contribution in [0, 0.1) is 0 Å². The summed E-state index contributed by atoms with van der Waals surface area (Å²) in [6, 6.07) is 44.1. The summed E-state index contributed by atoms with van der Waals surface area (Å²) in [5.74, 6) is 0. The molecule has 2 heterocycles. The Kier molecular flexibility index (Phi) is 4.59. The van der Waals surface area contributed by atoms with E-state index in [0.717, 1.165) is 6.54 Å². The molecule has 1 aromatic heterocycles. The van der Waals surface area contributed by atoms with Gasteiger partial charge in [-0.1, -0.05) is 92.7 Å². The number of rotatable bonds is 3. The van der Waals surface area contributed by atoms with E-state index in [1.54, 1.807) is 0 Å². The van der Waals surface area contributed by atoms with Crippen LogP contribution in [0.5, 0.6) is 0 Å². The van der Waals surface area contributed by atoms with Gasteiger partial charge in [0.05, 0.1) is 11.0 Å². The minimum absolute atomic E-state index is 0.151. The molecule has 0 unspecified atom stereocenters. The lowest BCUT2D eigenvalue weighted by Crippen LogP contribution is -2.24. The third-order valence-electron chi connectivity index (χ3n) is 7.70. The summed E-state index contributed by atoms with van der Waals surface area (Å²) in [6.45, 7) is 5.66. The molecule has 0 atom stereocenters. The smallest absolute Gasteiger partial charge is 0.0541 e. The molecular formula is C34H28N2. The second-order valence-corrected chi connectivity index (χ2v) is 10.5. The van der Waals surface area contributed by atoms with E-state index < -0.39 is 0 Å². The van der Waals surface area contributed by atoms with Crippen molar-refractivity contribution in [1.29, 1.82) is 0 Å². The Morgan fingerprint density at radius 3 is 1.64 bits per heavy atom. The second-order valence-electron chi connectivity index (χ2n) is 10.5. The van der Waals surface area contributed by atoms with Crippen molar-refractivity contribution in [3.05, 3.63) is 127 Å². The first-order valence-corrected chi connectivity index (χ1v) is 12.7. The molecule has 6 aromatic rings. The molecule has 174 valence electrons. The largest absolute Gasteiger partial charge is 0.340 e. The number of fused-ring (bicyclic) bond motifs is 4. The Morgan fingerprint density at radius 2 is 1.03 bits per heavy atom. The maximum absolute atomic E-state index is 2.45. The summed E-state index contributed by atoms with van der Waals surface area (Å²) < 4.78 is 2.37. The van der Waals surface area contributed by atoms with Crippen molar-refractivity contribution in [1.82, 2.24) is 4.57 Å². The Morgan fingerprint density at radius 1 is 0.528 bits per heavy atom.